The summed E-state index contributed by atoms with van der Waals surface area (Å²) in [7, 11) is -1.44. The summed E-state index contributed by atoms with van der Waals surface area (Å²) in [4.78, 5) is 0.339. The number of anilines is 1. The highest BCUT2D eigenvalue weighted by atomic mass is 32.2. The maximum absolute atomic E-state index is 11.3. The molecule has 1 aromatic carbocycles. The molecule has 0 aliphatic heterocycles. The summed E-state index contributed by atoms with van der Waals surface area (Å²) in [6.45, 7) is 3.13. The first-order valence-corrected chi connectivity index (χ1v) is 7.67. The molecule has 0 saturated carbocycles. The summed E-state index contributed by atoms with van der Waals surface area (Å²) in [5, 5.41) is 6.41. The molecule has 0 amide bonds. The molecule has 0 atom stereocenters. The molecule has 5 nitrogen and oxygen atoms in total. The molecule has 0 radical (unpaired) electrons. The monoisotopic (exact) mass is 272 g/mol. The zero-order chi connectivity index (χ0) is 13.4. The quantitative estimate of drug-likeness (QED) is 0.683. The Balaban J connectivity index is 2.32. The van der Waals surface area contributed by atoms with Gasteiger partial charge in [0.25, 0.3) is 0 Å². The zero-order valence-electron chi connectivity index (χ0n) is 10.8. The van der Waals surface area contributed by atoms with Gasteiger partial charge in [0.05, 0.1) is 11.5 Å². The van der Waals surface area contributed by atoms with Crippen molar-refractivity contribution in [3.05, 3.63) is 24.3 Å². The van der Waals surface area contributed by atoms with Gasteiger partial charge < -0.3 is 15.4 Å². The highest BCUT2D eigenvalue weighted by Gasteiger charge is 2.05. The van der Waals surface area contributed by atoms with Crippen LogP contribution in [-0.4, -0.2) is 48.0 Å². The van der Waals surface area contributed by atoms with Crippen LogP contribution in [0.3, 0.4) is 0 Å². The summed E-state index contributed by atoms with van der Waals surface area (Å²) in [5.41, 5.74) is 0.913. The highest BCUT2D eigenvalue weighted by molar-refractivity contribution is 7.90. The van der Waals surface area contributed by atoms with E-state index in [1.807, 2.05) is 0 Å². The molecule has 0 saturated heterocycles. The number of rotatable bonds is 8. The predicted octanol–water partition coefficient (Wildman–Crippen LogP) is 0.738. The zero-order valence-corrected chi connectivity index (χ0v) is 11.6. The maximum Gasteiger partial charge on any atom is 0.175 e. The molecule has 1 aromatic rings. The molecule has 6 heteroatoms. The van der Waals surface area contributed by atoms with Crippen LogP contribution in [0.5, 0.6) is 0 Å². The van der Waals surface area contributed by atoms with Crippen molar-refractivity contribution in [2.75, 3.05) is 44.9 Å². The van der Waals surface area contributed by atoms with Gasteiger partial charge in [0.15, 0.2) is 9.84 Å². The van der Waals surface area contributed by atoms with E-state index in [-0.39, 0.29) is 0 Å². The van der Waals surface area contributed by atoms with Gasteiger partial charge in [-0.3, -0.25) is 0 Å². The maximum atomic E-state index is 11.3. The number of sulfone groups is 1. The summed E-state index contributed by atoms with van der Waals surface area (Å²) in [6, 6.07) is 6.75. The minimum absolute atomic E-state index is 0.339. The molecule has 18 heavy (non-hydrogen) atoms. The van der Waals surface area contributed by atoms with Crippen molar-refractivity contribution in [3.8, 4) is 0 Å². The lowest BCUT2D eigenvalue weighted by molar-refractivity contribution is 0.200. The predicted molar refractivity (Wildman–Crippen MR) is 72.8 cm³/mol. The average molecular weight is 272 g/mol. The first kappa shape index (κ1) is 14.9. The van der Waals surface area contributed by atoms with Crippen LogP contribution in [0, 0.1) is 0 Å². The second-order valence-electron chi connectivity index (χ2n) is 3.97. The third kappa shape index (κ3) is 5.48. The molecule has 0 heterocycles. The average Bonchev–Trinajstić information content (AvgIpc) is 2.33. The second-order valence-corrected chi connectivity index (χ2v) is 5.98. The fraction of sp³-hybridized carbons (Fsp3) is 0.500. The van der Waals surface area contributed by atoms with Gasteiger partial charge in [0.2, 0.25) is 0 Å². The Morgan fingerprint density at radius 2 is 1.78 bits per heavy atom. The van der Waals surface area contributed by atoms with Crippen molar-refractivity contribution in [3.63, 3.8) is 0 Å². The van der Waals surface area contributed by atoms with Gasteiger partial charge in [-0.25, -0.2) is 8.42 Å². The molecular weight excluding hydrogens is 252 g/mol. The van der Waals surface area contributed by atoms with Crippen molar-refractivity contribution in [1.29, 1.82) is 0 Å². The lowest BCUT2D eigenvalue weighted by Gasteiger charge is -2.08. The van der Waals surface area contributed by atoms with Crippen molar-refractivity contribution >= 4 is 15.5 Å². The molecule has 0 bridgehead atoms. The van der Waals surface area contributed by atoms with E-state index in [0.29, 0.717) is 11.5 Å². The van der Waals surface area contributed by atoms with Crippen LogP contribution in [0.1, 0.15) is 0 Å². The van der Waals surface area contributed by atoms with Crippen molar-refractivity contribution in [2.45, 2.75) is 4.90 Å². The van der Waals surface area contributed by atoms with Crippen LogP contribution in [-0.2, 0) is 14.6 Å². The van der Waals surface area contributed by atoms with Gasteiger partial charge in [-0.1, -0.05) is 0 Å². The smallest absolute Gasteiger partial charge is 0.175 e. The summed E-state index contributed by atoms with van der Waals surface area (Å²) < 4.78 is 27.4. The van der Waals surface area contributed by atoms with Gasteiger partial charge in [0.1, 0.15) is 0 Å². The lowest BCUT2D eigenvalue weighted by Crippen LogP contribution is -2.25. The minimum atomic E-state index is -3.11. The van der Waals surface area contributed by atoms with Crippen LogP contribution in [0.15, 0.2) is 29.2 Å². The van der Waals surface area contributed by atoms with Gasteiger partial charge in [-0.05, 0) is 24.3 Å². The van der Waals surface area contributed by atoms with Gasteiger partial charge in [-0.2, -0.15) is 0 Å². The molecule has 0 aromatic heterocycles. The number of hydrogen-bond acceptors (Lipinski definition) is 5. The van der Waals surface area contributed by atoms with E-state index < -0.39 is 9.84 Å². The Morgan fingerprint density at radius 1 is 1.11 bits per heavy atom. The van der Waals surface area contributed by atoms with E-state index in [0.717, 1.165) is 25.3 Å². The Hall–Kier alpha value is -1.11. The van der Waals surface area contributed by atoms with E-state index in [4.69, 9.17) is 4.74 Å². The van der Waals surface area contributed by atoms with E-state index in [1.54, 1.807) is 31.4 Å². The molecule has 1 rings (SSSR count). The molecule has 0 aliphatic rings. The molecule has 102 valence electrons. The van der Waals surface area contributed by atoms with Gasteiger partial charge >= 0.3 is 0 Å². The Labute approximate surface area is 108 Å². The topological polar surface area (TPSA) is 67.4 Å². The van der Waals surface area contributed by atoms with Crippen LogP contribution >= 0.6 is 0 Å². The minimum Gasteiger partial charge on any atom is -0.384 e. The SMILES string of the molecule is COCCNCCNc1ccc(S(C)(=O)=O)cc1. The number of benzene rings is 1. The van der Waals surface area contributed by atoms with Crippen molar-refractivity contribution in [2.24, 2.45) is 0 Å². The van der Waals surface area contributed by atoms with Gasteiger partial charge in [-0.15, -0.1) is 0 Å². The van der Waals surface area contributed by atoms with Crippen LogP contribution in [0.4, 0.5) is 5.69 Å². The highest BCUT2D eigenvalue weighted by Crippen LogP contribution is 2.13. The fourth-order valence-electron chi connectivity index (χ4n) is 1.41. The van der Waals surface area contributed by atoms with E-state index in [1.165, 1.54) is 6.26 Å². The standard InChI is InChI=1S/C12H20N2O3S/c1-17-10-9-13-7-8-14-11-3-5-12(6-4-11)18(2,15)16/h3-6,13-14H,7-10H2,1-2H3. The summed E-state index contributed by atoms with van der Waals surface area (Å²) >= 11 is 0. The molecule has 2 N–H and O–H groups in total. The van der Waals surface area contributed by atoms with Crippen LogP contribution < -0.4 is 10.6 Å². The number of hydrogen-bond donors (Lipinski definition) is 2. The number of nitrogens with one attached hydrogen (secondary N) is 2. The second kappa shape index (κ2) is 7.35. The number of ether oxygens (including phenoxy) is 1. The van der Waals surface area contributed by atoms with Gasteiger partial charge in [0, 0.05) is 38.7 Å². The molecule has 0 fully saturated rings. The Kier molecular flexibility index (Phi) is 6.11. The van der Waals surface area contributed by atoms with Crippen molar-refractivity contribution < 1.29 is 13.2 Å². The van der Waals surface area contributed by atoms with E-state index in [9.17, 15) is 8.42 Å². The van der Waals surface area contributed by atoms with Crippen LogP contribution in [0.25, 0.3) is 0 Å². The Morgan fingerprint density at radius 3 is 2.33 bits per heavy atom. The third-order valence-electron chi connectivity index (χ3n) is 2.40. The van der Waals surface area contributed by atoms with E-state index in [2.05, 4.69) is 10.6 Å². The number of methoxy groups -OCH3 is 1. The Bertz CT molecular complexity index is 443. The molecular formula is C12H20N2O3S. The summed E-state index contributed by atoms with van der Waals surface area (Å²) in [5.74, 6) is 0. The normalized spacial score (nSPS) is 11.4. The first-order chi connectivity index (χ1) is 8.54. The van der Waals surface area contributed by atoms with E-state index >= 15 is 0 Å². The van der Waals surface area contributed by atoms with Crippen molar-refractivity contribution in [1.82, 2.24) is 5.32 Å². The first-order valence-electron chi connectivity index (χ1n) is 5.77. The molecule has 0 unspecified atom stereocenters. The van der Waals surface area contributed by atoms with Crippen LogP contribution in [0.2, 0.25) is 0 Å². The third-order valence-corrected chi connectivity index (χ3v) is 3.52. The summed E-state index contributed by atoms with van der Waals surface area (Å²) in [6.07, 6.45) is 1.20. The largest absolute Gasteiger partial charge is 0.384 e. The molecule has 0 aliphatic carbocycles. The lowest BCUT2D eigenvalue weighted by atomic mass is 10.3. The molecule has 0 spiro atoms. The fourth-order valence-corrected chi connectivity index (χ4v) is 2.04.